The molecule has 3 aromatic carbocycles. The van der Waals surface area contributed by atoms with E-state index in [9.17, 15) is 18.0 Å². The average molecular weight is 552 g/mol. The summed E-state index contributed by atoms with van der Waals surface area (Å²) in [5.41, 5.74) is 1.15. The summed E-state index contributed by atoms with van der Waals surface area (Å²) in [5.74, 6) is -0.190. The second-order valence-corrected chi connectivity index (χ2v) is 10.9. The number of benzene rings is 3. The van der Waals surface area contributed by atoms with E-state index in [1.165, 1.54) is 17.0 Å². The Bertz CT molecular complexity index is 1300. The number of nitrogens with zero attached hydrogens (tertiary/aromatic N) is 2. The minimum absolute atomic E-state index is 0.0617. The average Bonchev–Trinajstić information content (AvgIpc) is 2.96. The molecule has 0 saturated heterocycles. The monoisotopic (exact) mass is 551 g/mol. The van der Waals surface area contributed by atoms with Crippen molar-refractivity contribution in [3.63, 3.8) is 0 Å². The van der Waals surface area contributed by atoms with Gasteiger partial charge in [-0.15, -0.1) is 0 Å². The molecule has 8 nitrogen and oxygen atoms in total. The number of hydrogen-bond donors (Lipinski definition) is 1. The molecule has 0 aliphatic heterocycles. The van der Waals surface area contributed by atoms with Crippen LogP contribution in [0.1, 0.15) is 39.2 Å². The number of rotatable bonds is 14. The van der Waals surface area contributed by atoms with Crippen LogP contribution in [0.5, 0.6) is 5.75 Å². The van der Waals surface area contributed by atoms with Gasteiger partial charge < -0.3 is 15.0 Å². The van der Waals surface area contributed by atoms with Crippen LogP contribution in [0.4, 0.5) is 5.69 Å². The van der Waals surface area contributed by atoms with Crippen LogP contribution >= 0.6 is 0 Å². The lowest BCUT2D eigenvalue weighted by Crippen LogP contribution is -2.51. The van der Waals surface area contributed by atoms with Crippen molar-refractivity contribution in [2.45, 2.75) is 51.1 Å². The molecule has 0 fully saturated rings. The van der Waals surface area contributed by atoms with Crippen molar-refractivity contribution in [1.29, 1.82) is 0 Å². The molecule has 1 atom stereocenters. The summed E-state index contributed by atoms with van der Waals surface area (Å²) in [6.07, 6.45) is 1.75. The molecule has 1 unspecified atom stereocenters. The van der Waals surface area contributed by atoms with E-state index in [4.69, 9.17) is 4.74 Å². The zero-order valence-electron chi connectivity index (χ0n) is 22.7. The molecule has 0 aromatic heterocycles. The van der Waals surface area contributed by atoms with E-state index in [1.54, 1.807) is 49.4 Å². The molecule has 2 amide bonds. The van der Waals surface area contributed by atoms with Gasteiger partial charge in [-0.05, 0) is 62.2 Å². The van der Waals surface area contributed by atoms with Gasteiger partial charge in [-0.3, -0.25) is 13.9 Å². The van der Waals surface area contributed by atoms with E-state index in [1.807, 2.05) is 44.2 Å². The van der Waals surface area contributed by atoms with Gasteiger partial charge in [-0.2, -0.15) is 0 Å². The Morgan fingerprint density at radius 1 is 0.897 bits per heavy atom. The van der Waals surface area contributed by atoms with Gasteiger partial charge in [0.15, 0.2) is 0 Å². The molecule has 0 aliphatic carbocycles. The third kappa shape index (κ3) is 8.07. The third-order valence-electron chi connectivity index (χ3n) is 6.24. The van der Waals surface area contributed by atoms with Crippen LogP contribution in [0, 0.1) is 0 Å². The van der Waals surface area contributed by atoms with Gasteiger partial charge in [0.25, 0.3) is 10.0 Å². The predicted molar refractivity (Wildman–Crippen MR) is 153 cm³/mol. The molecule has 3 rings (SSSR count). The Kier molecular flexibility index (Phi) is 10.9. The van der Waals surface area contributed by atoms with Crippen LogP contribution in [0.3, 0.4) is 0 Å². The summed E-state index contributed by atoms with van der Waals surface area (Å²) < 4.78 is 34.2. The summed E-state index contributed by atoms with van der Waals surface area (Å²) in [7, 11) is -4.10. The lowest BCUT2D eigenvalue weighted by molar-refractivity contribution is -0.139. The number of ether oxygens (including phenoxy) is 1. The Labute approximate surface area is 231 Å². The fraction of sp³-hybridized carbons (Fsp3) is 0.333. The maximum absolute atomic E-state index is 13.9. The SMILES string of the molecule is CCCCNC(=O)C(C)N(Cc1ccccc1)C(=O)CN(c1ccc(OCC)cc1)S(=O)(=O)c1ccccc1. The number of hydrogen-bond acceptors (Lipinski definition) is 5. The first-order valence-electron chi connectivity index (χ1n) is 13.2. The molecular formula is C30H37N3O5S. The number of anilines is 1. The molecule has 9 heteroatoms. The molecule has 208 valence electrons. The second-order valence-electron chi connectivity index (χ2n) is 9.08. The highest BCUT2D eigenvalue weighted by Crippen LogP contribution is 2.26. The van der Waals surface area contributed by atoms with Crippen LogP contribution in [0.2, 0.25) is 0 Å². The molecule has 0 spiro atoms. The predicted octanol–water partition coefficient (Wildman–Crippen LogP) is 4.61. The van der Waals surface area contributed by atoms with Gasteiger partial charge in [-0.1, -0.05) is 61.9 Å². The van der Waals surface area contributed by atoms with Crippen molar-refractivity contribution in [3.05, 3.63) is 90.5 Å². The first-order chi connectivity index (χ1) is 18.8. The summed E-state index contributed by atoms with van der Waals surface area (Å²) in [5, 5.41) is 2.89. The van der Waals surface area contributed by atoms with Crippen molar-refractivity contribution in [1.82, 2.24) is 10.2 Å². The van der Waals surface area contributed by atoms with Gasteiger partial charge in [0.1, 0.15) is 18.3 Å². The van der Waals surface area contributed by atoms with Crippen molar-refractivity contribution in [2.24, 2.45) is 0 Å². The van der Waals surface area contributed by atoms with Gasteiger partial charge in [0.2, 0.25) is 11.8 Å². The molecule has 0 heterocycles. The Hall–Kier alpha value is -3.85. The van der Waals surface area contributed by atoms with E-state index < -0.39 is 28.5 Å². The van der Waals surface area contributed by atoms with Crippen LogP contribution in [-0.2, 0) is 26.2 Å². The highest BCUT2D eigenvalue weighted by Gasteiger charge is 2.32. The van der Waals surface area contributed by atoms with Crippen LogP contribution in [0.25, 0.3) is 0 Å². The molecular weight excluding hydrogens is 514 g/mol. The zero-order valence-corrected chi connectivity index (χ0v) is 23.6. The van der Waals surface area contributed by atoms with Crippen molar-refractivity contribution < 1.29 is 22.7 Å². The standard InChI is InChI=1S/C30H37N3O5S/c1-4-6-21-31-30(35)24(3)32(22-25-13-9-7-10-14-25)29(34)23-33(26-17-19-27(20-18-26)38-5-2)39(36,37)28-15-11-8-12-16-28/h7-20,24H,4-6,21-23H2,1-3H3,(H,31,35). The van der Waals surface area contributed by atoms with E-state index in [2.05, 4.69) is 5.32 Å². The topological polar surface area (TPSA) is 96.0 Å². The quantitative estimate of drug-likeness (QED) is 0.295. The van der Waals surface area contributed by atoms with Gasteiger partial charge in [0.05, 0.1) is 17.2 Å². The summed E-state index contributed by atoms with van der Waals surface area (Å²) >= 11 is 0. The second kappa shape index (κ2) is 14.3. The molecule has 0 aliphatic rings. The smallest absolute Gasteiger partial charge is 0.264 e. The first-order valence-corrected chi connectivity index (χ1v) is 14.6. The Balaban J connectivity index is 1.97. The number of sulfonamides is 1. The van der Waals surface area contributed by atoms with Crippen LogP contribution in [-0.4, -0.2) is 50.9 Å². The van der Waals surface area contributed by atoms with Crippen molar-refractivity contribution in [3.8, 4) is 5.75 Å². The van der Waals surface area contributed by atoms with Crippen LogP contribution in [0.15, 0.2) is 89.8 Å². The Morgan fingerprint density at radius 2 is 1.51 bits per heavy atom. The fourth-order valence-electron chi connectivity index (χ4n) is 4.02. The van der Waals surface area contributed by atoms with Gasteiger partial charge >= 0.3 is 0 Å². The summed E-state index contributed by atoms with van der Waals surface area (Å²) in [4.78, 5) is 28.3. The number of carbonyl (C=O) groups excluding carboxylic acids is 2. The largest absolute Gasteiger partial charge is 0.494 e. The highest BCUT2D eigenvalue weighted by atomic mass is 32.2. The number of unbranched alkanes of at least 4 members (excludes halogenated alkanes) is 1. The summed E-state index contributed by atoms with van der Waals surface area (Å²) in [6, 6.07) is 23.1. The lowest BCUT2D eigenvalue weighted by Gasteiger charge is -2.32. The van der Waals surface area contributed by atoms with Gasteiger partial charge in [0, 0.05) is 13.1 Å². The molecule has 1 N–H and O–H groups in total. The number of carbonyl (C=O) groups is 2. The van der Waals surface area contributed by atoms with E-state index in [0.717, 1.165) is 22.7 Å². The Morgan fingerprint density at radius 3 is 2.10 bits per heavy atom. The molecule has 0 bridgehead atoms. The van der Waals surface area contributed by atoms with Crippen LogP contribution < -0.4 is 14.4 Å². The maximum Gasteiger partial charge on any atom is 0.264 e. The fourth-order valence-corrected chi connectivity index (χ4v) is 5.46. The normalized spacial score (nSPS) is 11.9. The highest BCUT2D eigenvalue weighted by molar-refractivity contribution is 7.92. The molecule has 39 heavy (non-hydrogen) atoms. The maximum atomic E-state index is 13.9. The lowest BCUT2D eigenvalue weighted by atomic mass is 10.1. The molecule has 0 saturated carbocycles. The minimum atomic E-state index is -4.10. The van der Waals surface area contributed by atoms with E-state index in [0.29, 0.717) is 24.6 Å². The van der Waals surface area contributed by atoms with E-state index >= 15 is 0 Å². The minimum Gasteiger partial charge on any atom is -0.494 e. The zero-order chi connectivity index (χ0) is 28.3. The molecule has 3 aromatic rings. The molecule has 0 radical (unpaired) electrons. The summed E-state index contributed by atoms with van der Waals surface area (Å²) in [6.45, 7) is 6.21. The van der Waals surface area contributed by atoms with E-state index in [-0.39, 0.29) is 17.3 Å². The number of amides is 2. The number of nitrogens with one attached hydrogen (secondary N) is 1. The van der Waals surface area contributed by atoms with Crippen molar-refractivity contribution in [2.75, 3.05) is 24.0 Å². The first kappa shape index (κ1) is 29.7. The third-order valence-corrected chi connectivity index (χ3v) is 8.03. The van der Waals surface area contributed by atoms with Crippen molar-refractivity contribution >= 4 is 27.5 Å². The van der Waals surface area contributed by atoms with Gasteiger partial charge in [-0.25, -0.2) is 8.42 Å².